The van der Waals surface area contributed by atoms with Crippen LogP contribution < -0.4 is 0 Å². The topological polar surface area (TPSA) is 37.3 Å². The van der Waals surface area contributed by atoms with Crippen LogP contribution in [0.1, 0.15) is 95.6 Å². The van der Waals surface area contributed by atoms with Crippen LogP contribution in [0.2, 0.25) is 0 Å². The van der Waals surface area contributed by atoms with E-state index in [2.05, 4.69) is 62.4 Å². The number of rotatable bonds is 11. The Labute approximate surface area is 189 Å². The van der Waals surface area contributed by atoms with Crippen LogP contribution in [0.5, 0.6) is 0 Å². The van der Waals surface area contributed by atoms with E-state index < -0.39 is 11.4 Å². The SMILES string of the molecule is CCCCCCCC1CCC(C(=O)O)(c2ccc(-c3ccc(CCC)cc3)cc2)CC1. The van der Waals surface area contributed by atoms with Crippen molar-refractivity contribution in [3.05, 3.63) is 59.7 Å². The third-order valence-corrected chi connectivity index (χ3v) is 7.35. The van der Waals surface area contributed by atoms with Crippen LogP contribution in [0.25, 0.3) is 11.1 Å². The Morgan fingerprint density at radius 1 is 0.839 bits per heavy atom. The van der Waals surface area contributed by atoms with Gasteiger partial charge < -0.3 is 5.11 Å². The van der Waals surface area contributed by atoms with E-state index >= 15 is 0 Å². The number of carbonyl (C=O) groups is 1. The summed E-state index contributed by atoms with van der Waals surface area (Å²) in [6.07, 6.45) is 13.8. The van der Waals surface area contributed by atoms with Crippen LogP contribution >= 0.6 is 0 Å². The zero-order chi connectivity index (χ0) is 22.1. The second kappa shape index (κ2) is 11.5. The maximum atomic E-state index is 12.4. The summed E-state index contributed by atoms with van der Waals surface area (Å²) < 4.78 is 0. The molecule has 0 unspecified atom stereocenters. The monoisotopic (exact) mass is 420 g/mol. The van der Waals surface area contributed by atoms with Gasteiger partial charge in [-0.05, 0) is 60.3 Å². The molecule has 1 aliphatic rings. The third-order valence-electron chi connectivity index (χ3n) is 7.35. The fraction of sp³-hybridized carbons (Fsp3) is 0.552. The molecule has 0 saturated heterocycles. The Hall–Kier alpha value is -2.09. The molecule has 1 fully saturated rings. The summed E-state index contributed by atoms with van der Waals surface area (Å²) in [5.41, 5.74) is 4.00. The fourth-order valence-electron chi connectivity index (χ4n) is 5.26. The zero-order valence-electron chi connectivity index (χ0n) is 19.5. The van der Waals surface area contributed by atoms with Crippen molar-refractivity contribution in [3.8, 4) is 11.1 Å². The maximum absolute atomic E-state index is 12.4. The predicted molar refractivity (Wildman–Crippen MR) is 131 cm³/mol. The van der Waals surface area contributed by atoms with Crippen molar-refractivity contribution in [1.82, 2.24) is 0 Å². The highest BCUT2D eigenvalue weighted by Crippen LogP contribution is 2.43. The lowest BCUT2D eigenvalue weighted by molar-refractivity contribution is -0.145. The third kappa shape index (κ3) is 5.99. The summed E-state index contributed by atoms with van der Waals surface area (Å²) in [4.78, 5) is 12.4. The molecule has 2 aromatic rings. The van der Waals surface area contributed by atoms with Gasteiger partial charge in [-0.1, -0.05) is 107 Å². The van der Waals surface area contributed by atoms with Gasteiger partial charge in [0.2, 0.25) is 0 Å². The van der Waals surface area contributed by atoms with Gasteiger partial charge in [-0.3, -0.25) is 4.79 Å². The Kier molecular flexibility index (Phi) is 8.75. The molecule has 168 valence electrons. The van der Waals surface area contributed by atoms with Crippen molar-refractivity contribution < 1.29 is 9.90 Å². The van der Waals surface area contributed by atoms with Crippen molar-refractivity contribution in [3.63, 3.8) is 0 Å². The largest absolute Gasteiger partial charge is 0.481 e. The van der Waals surface area contributed by atoms with Crippen LogP contribution in [-0.4, -0.2) is 11.1 Å². The van der Waals surface area contributed by atoms with Gasteiger partial charge in [-0.2, -0.15) is 0 Å². The van der Waals surface area contributed by atoms with Crippen molar-refractivity contribution in [2.75, 3.05) is 0 Å². The van der Waals surface area contributed by atoms with Gasteiger partial charge in [0.25, 0.3) is 0 Å². The molecule has 0 amide bonds. The second-order valence-corrected chi connectivity index (χ2v) is 9.56. The molecular weight excluding hydrogens is 380 g/mol. The molecule has 0 bridgehead atoms. The predicted octanol–water partition coefficient (Wildman–Crippen LogP) is 8.18. The summed E-state index contributed by atoms with van der Waals surface area (Å²) in [6, 6.07) is 17.1. The Balaban J connectivity index is 1.63. The smallest absolute Gasteiger partial charge is 0.314 e. The summed E-state index contributed by atoms with van der Waals surface area (Å²) >= 11 is 0. The van der Waals surface area contributed by atoms with Gasteiger partial charge in [0, 0.05) is 0 Å². The Bertz CT molecular complexity index is 796. The average molecular weight is 421 g/mol. The quantitative estimate of drug-likeness (QED) is 0.372. The first-order valence-corrected chi connectivity index (χ1v) is 12.5. The summed E-state index contributed by atoms with van der Waals surface area (Å²) in [6.45, 7) is 4.45. The van der Waals surface area contributed by atoms with Crippen LogP contribution in [-0.2, 0) is 16.6 Å². The van der Waals surface area contributed by atoms with Crippen molar-refractivity contribution in [2.45, 2.75) is 96.3 Å². The lowest BCUT2D eigenvalue weighted by Gasteiger charge is -2.37. The highest BCUT2D eigenvalue weighted by molar-refractivity contribution is 5.82. The minimum absolute atomic E-state index is 0.648. The molecule has 0 radical (unpaired) electrons. The van der Waals surface area contributed by atoms with Crippen LogP contribution in [0.3, 0.4) is 0 Å². The van der Waals surface area contributed by atoms with Crippen LogP contribution in [0.4, 0.5) is 0 Å². The molecule has 0 atom stereocenters. The minimum atomic E-state index is -0.706. The van der Waals surface area contributed by atoms with Crippen molar-refractivity contribution in [1.29, 1.82) is 0 Å². The highest BCUT2D eigenvalue weighted by atomic mass is 16.4. The number of aryl methyl sites for hydroxylation is 1. The molecule has 2 nitrogen and oxygen atoms in total. The lowest BCUT2D eigenvalue weighted by Crippen LogP contribution is -2.39. The average Bonchev–Trinajstić information content (AvgIpc) is 2.80. The molecule has 1 aliphatic carbocycles. The van der Waals surface area contributed by atoms with Crippen molar-refractivity contribution >= 4 is 5.97 Å². The maximum Gasteiger partial charge on any atom is 0.314 e. The van der Waals surface area contributed by atoms with E-state index in [9.17, 15) is 9.90 Å². The second-order valence-electron chi connectivity index (χ2n) is 9.56. The number of aliphatic carboxylic acids is 1. The van der Waals surface area contributed by atoms with Gasteiger partial charge >= 0.3 is 5.97 Å². The van der Waals surface area contributed by atoms with E-state index in [0.29, 0.717) is 5.92 Å². The van der Waals surface area contributed by atoms with E-state index in [4.69, 9.17) is 0 Å². The molecule has 31 heavy (non-hydrogen) atoms. The number of carboxylic acids is 1. The Morgan fingerprint density at radius 2 is 1.42 bits per heavy atom. The van der Waals surface area contributed by atoms with E-state index in [1.807, 2.05) is 0 Å². The number of unbranched alkanes of at least 4 members (excludes halogenated alkanes) is 4. The van der Waals surface area contributed by atoms with Gasteiger partial charge in [-0.15, -0.1) is 0 Å². The number of hydrogen-bond donors (Lipinski definition) is 1. The molecule has 0 heterocycles. The molecule has 0 aliphatic heterocycles. The molecule has 2 heteroatoms. The first-order valence-electron chi connectivity index (χ1n) is 12.5. The molecular formula is C29H40O2. The van der Waals surface area contributed by atoms with Gasteiger partial charge in [0.1, 0.15) is 0 Å². The van der Waals surface area contributed by atoms with Crippen LogP contribution in [0, 0.1) is 5.92 Å². The summed E-state index contributed by atoms with van der Waals surface area (Å²) in [7, 11) is 0. The molecule has 3 rings (SSSR count). The molecule has 0 aromatic heterocycles. The highest BCUT2D eigenvalue weighted by Gasteiger charge is 2.43. The van der Waals surface area contributed by atoms with Crippen LogP contribution in [0.15, 0.2) is 48.5 Å². The first kappa shape index (κ1) is 23.6. The molecule has 1 saturated carbocycles. The van der Waals surface area contributed by atoms with Gasteiger partial charge in [0.15, 0.2) is 0 Å². The van der Waals surface area contributed by atoms with E-state index in [1.165, 1.54) is 49.7 Å². The summed E-state index contributed by atoms with van der Waals surface area (Å²) in [5, 5.41) is 10.2. The molecule has 1 N–H and O–H groups in total. The number of carboxylic acid groups (broad SMARTS) is 1. The normalized spacial score (nSPS) is 21.2. The standard InChI is InChI=1S/C29H40O2/c1-3-5-6-7-8-10-24-19-21-29(22-20-24,28(30)31)27-17-15-26(16-18-27)25-13-11-23(9-4-2)12-14-25/h11-18,24H,3-10,19-22H2,1-2H3,(H,30,31). The van der Waals surface area contributed by atoms with E-state index in [-0.39, 0.29) is 0 Å². The molecule has 0 spiro atoms. The number of benzene rings is 2. The van der Waals surface area contributed by atoms with Crippen molar-refractivity contribution in [2.24, 2.45) is 5.92 Å². The van der Waals surface area contributed by atoms with Gasteiger partial charge in [0.05, 0.1) is 5.41 Å². The fourth-order valence-corrected chi connectivity index (χ4v) is 5.26. The summed E-state index contributed by atoms with van der Waals surface area (Å²) in [5.74, 6) is 0.0561. The number of hydrogen-bond acceptors (Lipinski definition) is 1. The van der Waals surface area contributed by atoms with E-state index in [1.54, 1.807) is 0 Å². The lowest BCUT2D eigenvalue weighted by atomic mass is 9.66. The first-order chi connectivity index (χ1) is 15.1. The van der Waals surface area contributed by atoms with Gasteiger partial charge in [-0.25, -0.2) is 0 Å². The zero-order valence-corrected chi connectivity index (χ0v) is 19.5. The molecule has 2 aromatic carbocycles. The Morgan fingerprint density at radius 3 is 1.97 bits per heavy atom. The minimum Gasteiger partial charge on any atom is -0.481 e. The van der Waals surface area contributed by atoms with E-state index in [0.717, 1.165) is 49.7 Å².